The lowest BCUT2D eigenvalue weighted by atomic mass is 9.85. The van der Waals surface area contributed by atoms with Gasteiger partial charge < -0.3 is 24.6 Å². The van der Waals surface area contributed by atoms with Crippen LogP contribution >= 0.6 is 15.9 Å². The molecule has 0 amide bonds. The highest BCUT2D eigenvalue weighted by Crippen LogP contribution is 2.35. The van der Waals surface area contributed by atoms with Gasteiger partial charge in [0, 0.05) is 21.2 Å². The fraction of sp³-hybridized carbons (Fsp3) is 0.333. The SMILES string of the molecule is COc1cccc(/C=N/OCCO/N=C/c2cc(Br)cc(C(C)(C)C)c2O)c1O. The zero-order valence-electron chi connectivity index (χ0n) is 16.8. The molecule has 0 fully saturated rings. The molecular formula is C21H25BrN2O5. The van der Waals surface area contributed by atoms with Crippen molar-refractivity contribution < 1.29 is 24.6 Å². The molecule has 2 aromatic carbocycles. The van der Waals surface area contributed by atoms with Crippen LogP contribution < -0.4 is 4.74 Å². The van der Waals surface area contributed by atoms with Crippen LogP contribution in [0.5, 0.6) is 17.2 Å². The van der Waals surface area contributed by atoms with Gasteiger partial charge in [-0.2, -0.15) is 0 Å². The van der Waals surface area contributed by atoms with Crippen LogP contribution in [0.15, 0.2) is 45.1 Å². The summed E-state index contributed by atoms with van der Waals surface area (Å²) in [6, 6.07) is 8.72. The maximum absolute atomic E-state index is 10.4. The van der Waals surface area contributed by atoms with Gasteiger partial charge in [-0.1, -0.05) is 53.1 Å². The number of hydrogen-bond donors (Lipinski definition) is 2. The molecule has 0 aliphatic heterocycles. The Morgan fingerprint density at radius 1 is 0.966 bits per heavy atom. The Morgan fingerprint density at radius 2 is 1.59 bits per heavy atom. The number of phenols is 2. The van der Waals surface area contributed by atoms with Crippen molar-refractivity contribution in [3.05, 3.63) is 51.5 Å². The molecule has 7 nitrogen and oxygen atoms in total. The van der Waals surface area contributed by atoms with E-state index in [0.29, 0.717) is 16.9 Å². The fourth-order valence-electron chi connectivity index (χ4n) is 2.47. The topological polar surface area (TPSA) is 92.9 Å². The maximum Gasteiger partial charge on any atom is 0.166 e. The molecular weight excluding hydrogens is 440 g/mol. The minimum Gasteiger partial charge on any atom is -0.507 e. The molecule has 0 aromatic heterocycles. The predicted molar refractivity (Wildman–Crippen MR) is 116 cm³/mol. The molecule has 0 aliphatic rings. The minimum absolute atomic E-state index is 0.00773. The highest BCUT2D eigenvalue weighted by molar-refractivity contribution is 9.10. The number of phenolic OH excluding ortho intramolecular Hbond substituents is 2. The summed E-state index contributed by atoms with van der Waals surface area (Å²) in [5, 5.41) is 28.0. The lowest BCUT2D eigenvalue weighted by Crippen LogP contribution is -2.12. The number of halogens is 1. The van der Waals surface area contributed by atoms with Crippen molar-refractivity contribution in [1.82, 2.24) is 0 Å². The van der Waals surface area contributed by atoms with E-state index in [1.807, 2.05) is 26.8 Å². The Kier molecular flexibility index (Phi) is 7.90. The van der Waals surface area contributed by atoms with Crippen LogP contribution in [0.1, 0.15) is 37.5 Å². The molecule has 0 atom stereocenters. The number of ether oxygens (including phenoxy) is 1. The first-order valence-electron chi connectivity index (χ1n) is 8.93. The largest absolute Gasteiger partial charge is 0.507 e. The summed E-state index contributed by atoms with van der Waals surface area (Å²) in [6.45, 7) is 6.40. The van der Waals surface area contributed by atoms with Gasteiger partial charge in [-0.25, -0.2) is 0 Å². The quantitative estimate of drug-likeness (QED) is 0.339. The number of aromatic hydroxyl groups is 2. The highest BCUT2D eigenvalue weighted by Gasteiger charge is 2.20. The van der Waals surface area contributed by atoms with Crippen LogP contribution in [0, 0.1) is 0 Å². The lowest BCUT2D eigenvalue weighted by molar-refractivity contribution is 0.0553. The Morgan fingerprint density at radius 3 is 2.17 bits per heavy atom. The molecule has 156 valence electrons. The van der Waals surface area contributed by atoms with Crippen LogP contribution in [-0.4, -0.2) is 43.0 Å². The van der Waals surface area contributed by atoms with Crippen LogP contribution in [0.4, 0.5) is 0 Å². The molecule has 2 N–H and O–H groups in total. The third kappa shape index (κ3) is 6.39. The number of oxime groups is 2. The zero-order chi connectivity index (χ0) is 21.4. The molecule has 0 bridgehead atoms. The average Bonchev–Trinajstić information content (AvgIpc) is 2.66. The van der Waals surface area contributed by atoms with Gasteiger partial charge in [0.1, 0.15) is 5.75 Å². The molecule has 0 saturated heterocycles. The average molecular weight is 465 g/mol. The second kappa shape index (κ2) is 10.2. The summed E-state index contributed by atoms with van der Waals surface area (Å²) in [5.41, 5.74) is 1.63. The van der Waals surface area contributed by atoms with E-state index in [9.17, 15) is 10.2 Å². The first-order chi connectivity index (χ1) is 13.7. The molecule has 29 heavy (non-hydrogen) atoms. The summed E-state index contributed by atoms with van der Waals surface area (Å²) < 4.78 is 5.87. The van der Waals surface area contributed by atoms with Gasteiger partial charge in [0.2, 0.25) is 0 Å². The number of para-hydroxylation sites is 1. The molecule has 8 heteroatoms. The summed E-state index contributed by atoms with van der Waals surface area (Å²) in [5.74, 6) is 0.524. The molecule has 0 unspecified atom stereocenters. The van der Waals surface area contributed by atoms with Crippen molar-refractivity contribution >= 4 is 28.4 Å². The summed E-state index contributed by atoms with van der Waals surface area (Å²) in [6.07, 6.45) is 2.83. The number of nitrogens with zero attached hydrogens (tertiary/aromatic N) is 2. The van der Waals surface area contributed by atoms with E-state index in [1.54, 1.807) is 24.3 Å². The highest BCUT2D eigenvalue weighted by atomic mass is 79.9. The van der Waals surface area contributed by atoms with Crippen molar-refractivity contribution in [1.29, 1.82) is 0 Å². The Hall–Kier alpha value is -2.74. The van der Waals surface area contributed by atoms with Crippen molar-refractivity contribution in [2.45, 2.75) is 26.2 Å². The first kappa shape index (κ1) is 22.5. The van der Waals surface area contributed by atoms with E-state index in [2.05, 4.69) is 26.2 Å². The minimum atomic E-state index is -0.208. The summed E-state index contributed by atoms with van der Waals surface area (Å²) >= 11 is 3.45. The van der Waals surface area contributed by atoms with Crippen LogP contribution in [0.2, 0.25) is 0 Å². The van der Waals surface area contributed by atoms with E-state index in [-0.39, 0.29) is 30.1 Å². The van der Waals surface area contributed by atoms with E-state index in [0.717, 1.165) is 10.0 Å². The van der Waals surface area contributed by atoms with Gasteiger partial charge in [0.05, 0.1) is 19.5 Å². The van der Waals surface area contributed by atoms with Crippen LogP contribution in [-0.2, 0) is 15.1 Å². The third-order valence-corrected chi connectivity index (χ3v) is 4.42. The van der Waals surface area contributed by atoms with E-state index < -0.39 is 0 Å². The van der Waals surface area contributed by atoms with Gasteiger partial charge in [-0.3, -0.25) is 0 Å². The van der Waals surface area contributed by atoms with Gasteiger partial charge in [-0.15, -0.1) is 0 Å². The molecule has 0 heterocycles. The first-order valence-corrected chi connectivity index (χ1v) is 9.73. The molecule has 2 rings (SSSR count). The third-order valence-electron chi connectivity index (χ3n) is 3.96. The number of methoxy groups -OCH3 is 1. The standard InChI is InChI=1S/C21H25BrN2O5/c1-21(2,3)17-11-16(22)10-15(19(17)25)13-24-29-9-8-28-23-12-14-6-5-7-18(27-4)20(14)26/h5-7,10-13,25-26H,8-9H2,1-4H3/b23-12+,24-13+. The normalized spacial score (nSPS) is 11.9. The van der Waals surface area contributed by atoms with Gasteiger partial charge in [-0.05, 0) is 29.7 Å². The molecule has 0 spiro atoms. The fourth-order valence-corrected chi connectivity index (χ4v) is 2.94. The molecule has 0 radical (unpaired) electrons. The molecule has 0 saturated carbocycles. The van der Waals surface area contributed by atoms with Crippen molar-refractivity contribution in [2.24, 2.45) is 10.3 Å². The summed E-state index contributed by atoms with van der Waals surface area (Å²) in [4.78, 5) is 10.2. The van der Waals surface area contributed by atoms with Crippen molar-refractivity contribution in [3.8, 4) is 17.2 Å². The predicted octanol–water partition coefficient (Wildman–Crippen LogP) is 4.57. The van der Waals surface area contributed by atoms with E-state index in [1.165, 1.54) is 19.5 Å². The van der Waals surface area contributed by atoms with Gasteiger partial charge >= 0.3 is 0 Å². The second-order valence-electron chi connectivity index (χ2n) is 7.17. The van der Waals surface area contributed by atoms with Crippen molar-refractivity contribution in [2.75, 3.05) is 20.3 Å². The van der Waals surface area contributed by atoms with Gasteiger partial charge in [0.15, 0.2) is 24.7 Å². The molecule has 0 aliphatic carbocycles. The number of hydrogen-bond acceptors (Lipinski definition) is 7. The number of benzene rings is 2. The van der Waals surface area contributed by atoms with Crippen LogP contribution in [0.25, 0.3) is 0 Å². The smallest absolute Gasteiger partial charge is 0.166 e. The zero-order valence-corrected chi connectivity index (χ0v) is 18.4. The number of rotatable bonds is 8. The lowest BCUT2D eigenvalue weighted by Gasteiger charge is -2.21. The van der Waals surface area contributed by atoms with Crippen LogP contribution in [0.3, 0.4) is 0 Å². The van der Waals surface area contributed by atoms with E-state index >= 15 is 0 Å². The Labute approximate surface area is 178 Å². The Balaban J connectivity index is 1.84. The maximum atomic E-state index is 10.4. The summed E-state index contributed by atoms with van der Waals surface area (Å²) in [7, 11) is 1.47. The second-order valence-corrected chi connectivity index (χ2v) is 8.09. The Bertz CT molecular complexity index is 891. The van der Waals surface area contributed by atoms with E-state index in [4.69, 9.17) is 14.4 Å². The monoisotopic (exact) mass is 464 g/mol. The van der Waals surface area contributed by atoms with Crippen molar-refractivity contribution in [3.63, 3.8) is 0 Å². The molecule has 2 aromatic rings. The van der Waals surface area contributed by atoms with Gasteiger partial charge in [0.25, 0.3) is 0 Å².